The van der Waals surface area contributed by atoms with Crippen molar-refractivity contribution in [2.75, 3.05) is 13.7 Å². The predicted octanol–water partition coefficient (Wildman–Crippen LogP) is 3.50. The van der Waals surface area contributed by atoms with Crippen LogP contribution in [-0.4, -0.2) is 54.0 Å². The fraction of sp³-hybridized carbons (Fsp3) is 0.219. The first-order chi connectivity index (χ1) is 21.1. The molecule has 0 saturated heterocycles. The number of ketones is 1. The smallest absolute Gasteiger partial charge is 0.330 e. The van der Waals surface area contributed by atoms with Crippen molar-refractivity contribution in [1.29, 1.82) is 0 Å². The molecule has 4 heterocycles. The highest BCUT2D eigenvalue weighted by Crippen LogP contribution is 2.60. The number of nitrogens with one attached hydrogen (secondary N) is 1. The molecule has 0 fully saturated rings. The van der Waals surface area contributed by atoms with Crippen molar-refractivity contribution in [1.82, 2.24) is 24.3 Å². The minimum Gasteiger partial charge on any atom is -0.507 e. The highest BCUT2D eigenvalue weighted by atomic mass is 16.5. The molecular formula is C32H27N5O7. The van der Waals surface area contributed by atoms with Gasteiger partial charge in [0.05, 0.1) is 58.0 Å². The van der Waals surface area contributed by atoms with Gasteiger partial charge in [-0.05, 0) is 45.0 Å². The van der Waals surface area contributed by atoms with E-state index in [9.17, 15) is 24.6 Å². The lowest BCUT2D eigenvalue weighted by Gasteiger charge is -2.27. The second kappa shape index (κ2) is 9.51. The molecule has 12 nitrogen and oxygen atoms in total. The number of nitrogens with zero attached hydrogens (tertiary/aromatic N) is 4. The number of pyridine rings is 1. The number of allylic oxidation sites excluding steroid dienone is 1. The molecule has 44 heavy (non-hydrogen) atoms. The molecule has 1 aliphatic carbocycles. The van der Waals surface area contributed by atoms with Crippen LogP contribution in [0.2, 0.25) is 0 Å². The van der Waals surface area contributed by atoms with Gasteiger partial charge in [-0.3, -0.25) is 19.1 Å². The second-order valence-corrected chi connectivity index (χ2v) is 11.0. The molecule has 0 amide bonds. The Morgan fingerprint density at radius 2 is 1.77 bits per heavy atom. The second-order valence-electron chi connectivity index (χ2n) is 11.0. The van der Waals surface area contributed by atoms with E-state index >= 15 is 0 Å². The molecular weight excluding hydrogens is 566 g/mol. The van der Waals surface area contributed by atoms with Crippen LogP contribution in [-0.2, 0) is 16.7 Å². The Kier molecular flexibility index (Phi) is 5.91. The van der Waals surface area contributed by atoms with E-state index in [0.29, 0.717) is 17.0 Å². The summed E-state index contributed by atoms with van der Waals surface area (Å²) in [4.78, 5) is 46.6. The Morgan fingerprint density at radius 3 is 2.50 bits per heavy atom. The summed E-state index contributed by atoms with van der Waals surface area (Å²) in [6.07, 6.45) is 1.73. The third-order valence-electron chi connectivity index (χ3n) is 8.51. The van der Waals surface area contributed by atoms with Gasteiger partial charge < -0.3 is 19.7 Å². The van der Waals surface area contributed by atoms with Crippen LogP contribution in [0.1, 0.15) is 39.8 Å². The fourth-order valence-corrected chi connectivity index (χ4v) is 6.15. The summed E-state index contributed by atoms with van der Waals surface area (Å²) in [5.41, 5.74) is 0.149. The Bertz CT molecular complexity index is 2210. The van der Waals surface area contributed by atoms with Crippen LogP contribution in [0.3, 0.4) is 0 Å². The molecule has 3 aromatic heterocycles. The van der Waals surface area contributed by atoms with Crippen LogP contribution in [0.5, 0.6) is 17.2 Å². The zero-order chi connectivity index (χ0) is 31.1. The maximum Gasteiger partial charge on any atom is 0.330 e. The van der Waals surface area contributed by atoms with Crippen LogP contribution in [0.25, 0.3) is 34.1 Å². The summed E-state index contributed by atoms with van der Waals surface area (Å²) in [5.74, 6) is -0.620. The summed E-state index contributed by atoms with van der Waals surface area (Å²) in [5, 5.41) is 27.6. The molecule has 2 aliphatic rings. The number of hydrogen-bond acceptors (Lipinski definition) is 9. The minimum absolute atomic E-state index is 0.0530. The van der Waals surface area contributed by atoms with Gasteiger partial charge in [-0.25, -0.2) is 14.5 Å². The van der Waals surface area contributed by atoms with Gasteiger partial charge in [-0.1, -0.05) is 18.2 Å². The number of aromatic hydroxyl groups is 2. The van der Waals surface area contributed by atoms with Crippen molar-refractivity contribution in [3.05, 3.63) is 97.1 Å². The Morgan fingerprint density at radius 1 is 1.02 bits per heavy atom. The van der Waals surface area contributed by atoms with E-state index < -0.39 is 16.7 Å². The molecule has 0 radical (unpaired) electrons. The van der Waals surface area contributed by atoms with E-state index in [2.05, 4.69) is 15.1 Å². The lowest BCUT2D eigenvalue weighted by atomic mass is 9.71. The average Bonchev–Trinajstić information content (AvgIpc) is 3.50. The van der Waals surface area contributed by atoms with Crippen LogP contribution >= 0.6 is 0 Å². The fourth-order valence-electron chi connectivity index (χ4n) is 6.15. The van der Waals surface area contributed by atoms with Gasteiger partial charge in [-0.15, -0.1) is 0 Å². The van der Waals surface area contributed by atoms with Crippen molar-refractivity contribution in [3.63, 3.8) is 0 Å². The maximum absolute atomic E-state index is 14.4. The Balaban J connectivity index is 1.48. The van der Waals surface area contributed by atoms with Gasteiger partial charge in [0.15, 0.2) is 5.78 Å². The number of aromatic amines is 1. The lowest BCUT2D eigenvalue weighted by molar-refractivity contribution is 0.0905. The number of aryl methyl sites for hydroxylation is 1. The summed E-state index contributed by atoms with van der Waals surface area (Å²) in [7, 11) is 1.49. The van der Waals surface area contributed by atoms with Gasteiger partial charge in [0.2, 0.25) is 0 Å². The number of phenolic OH excluding ortho intramolecular Hbond substituents is 2. The number of methoxy groups -OCH3 is 1. The molecule has 1 aliphatic heterocycles. The Labute approximate surface area is 249 Å². The lowest BCUT2D eigenvalue weighted by Crippen LogP contribution is -2.36. The highest BCUT2D eigenvalue weighted by Gasteiger charge is 2.55. The molecule has 12 heteroatoms. The summed E-state index contributed by atoms with van der Waals surface area (Å²) in [6.45, 7) is 5.25. The molecule has 7 rings (SSSR count). The summed E-state index contributed by atoms with van der Waals surface area (Å²) in [6, 6.07) is 12.4. The number of para-hydroxylation sites is 1. The number of hydrogen-bond donors (Lipinski definition) is 3. The first kappa shape index (κ1) is 27.3. The summed E-state index contributed by atoms with van der Waals surface area (Å²) < 4.78 is 14.5. The third-order valence-corrected chi connectivity index (χ3v) is 8.51. The van der Waals surface area contributed by atoms with Crippen molar-refractivity contribution in [2.45, 2.75) is 32.7 Å². The third kappa shape index (κ3) is 3.57. The van der Waals surface area contributed by atoms with Crippen molar-refractivity contribution in [3.8, 4) is 34.2 Å². The van der Waals surface area contributed by atoms with E-state index in [-0.39, 0.29) is 75.4 Å². The molecule has 1 atom stereocenters. The quantitative estimate of drug-likeness (QED) is 0.277. The minimum atomic E-state index is -1.44. The van der Waals surface area contributed by atoms with Crippen molar-refractivity contribution >= 4 is 22.9 Å². The monoisotopic (exact) mass is 593 g/mol. The van der Waals surface area contributed by atoms with Gasteiger partial charge in [0.25, 0.3) is 5.56 Å². The number of fused-ring (bicyclic) bond motifs is 5. The number of ether oxygens (including phenoxy) is 2. The maximum atomic E-state index is 14.4. The van der Waals surface area contributed by atoms with E-state index in [1.165, 1.54) is 30.7 Å². The first-order valence-corrected chi connectivity index (χ1v) is 13.9. The molecule has 3 N–H and O–H groups in total. The van der Waals surface area contributed by atoms with E-state index in [4.69, 9.17) is 9.47 Å². The molecule has 2 aromatic carbocycles. The Hall–Kier alpha value is -5.49. The molecule has 0 saturated carbocycles. The van der Waals surface area contributed by atoms with Crippen molar-refractivity contribution in [2.24, 2.45) is 0 Å². The number of carbonyl (C=O) groups excluding carboxylic acids is 1. The van der Waals surface area contributed by atoms with Crippen LogP contribution < -0.4 is 16.0 Å². The van der Waals surface area contributed by atoms with Gasteiger partial charge in [0.1, 0.15) is 34.1 Å². The largest absolute Gasteiger partial charge is 0.507 e. The number of rotatable bonds is 5. The number of H-pyrrole nitrogens is 1. The summed E-state index contributed by atoms with van der Waals surface area (Å²) >= 11 is 0. The number of phenols is 2. The van der Waals surface area contributed by atoms with Crippen LogP contribution in [0.4, 0.5) is 0 Å². The zero-order valence-electron chi connectivity index (χ0n) is 24.3. The number of benzene rings is 2. The van der Waals surface area contributed by atoms with E-state index in [1.54, 1.807) is 24.6 Å². The number of carbonyl (C=O) groups is 1. The van der Waals surface area contributed by atoms with Crippen LogP contribution in [0.15, 0.2) is 57.8 Å². The van der Waals surface area contributed by atoms with Gasteiger partial charge >= 0.3 is 5.69 Å². The molecule has 0 bridgehead atoms. The number of Topliss-reactive ketones (excluding diaryl/α,β-unsaturated/α-hetero) is 1. The average molecular weight is 594 g/mol. The molecule has 5 aromatic rings. The van der Waals surface area contributed by atoms with Crippen molar-refractivity contribution < 1.29 is 24.5 Å². The van der Waals surface area contributed by atoms with Crippen LogP contribution in [0, 0.1) is 13.8 Å². The molecule has 0 spiro atoms. The normalized spacial score (nSPS) is 16.8. The standard InChI is InChI=1S/C32H27N5O7/c1-15-25(38)23(19-11-10-18-29(33-19)36(12-13-43-4)31(42)34-30(18)41)27-24(26(15)39)32(3)21(44-27)14-20-22(28(32)40)16(2)35-37(20)17-8-6-5-7-9-17/h5-11,14,38-39H,12-13H2,1-4H3,(H,34,41,42)/t32-/m0/s1. The first-order valence-electron chi connectivity index (χ1n) is 13.9. The topological polar surface area (TPSA) is 162 Å². The van der Waals surface area contributed by atoms with E-state index in [1.807, 2.05) is 30.3 Å². The molecule has 222 valence electrons. The van der Waals surface area contributed by atoms with E-state index in [0.717, 1.165) is 5.69 Å². The zero-order valence-corrected chi connectivity index (χ0v) is 24.3. The SMILES string of the molecule is COCCn1c(=O)[nH]c(=O)c2ccc(-c3c(O)c(C)c(O)c4c3OC3=Cc5c(c(C)nn5-c5ccccc5)C(=O)[C@@]34C)nc21. The van der Waals surface area contributed by atoms with Gasteiger partial charge in [-0.2, -0.15) is 5.10 Å². The molecule has 0 unspecified atom stereocenters. The predicted molar refractivity (Wildman–Crippen MR) is 161 cm³/mol. The highest BCUT2D eigenvalue weighted by molar-refractivity contribution is 6.14. The van der Waals surface area contributed by atoms with Gasteiger partial charge in [0, 0.05) is 18.7 Å². The number of aromatic nitrogens is 5.